The fraction of sp³-hybridized carbons (Fsp3) is 0.122. The first-order valence-corrected chi connectivity index (χ1v) is 27.9. The largest absolute Gasteiger partial charge is 0.457 e. The summed E-state index contributed by atoms with van der Waals surface area (Å²) in [4.78, 5) is 10.1. The van der Waals surface area contributed by atoms with Crippen LogP contribution in [-0.2, 0) is 10.8 Å². The lowest BCUT2D eigenvalue weighted by atomic mass is 9.86. The van der Waals surface area contributed by atoms with E-state index in [1.165, 1.54) is 88.5 Å². The molecule has 80 heavy (non-hydrogen) atoms. The molecule has 0 saturated carbocycles. The van der Waals surface area contributed by atoms with E-state index < -0.39 is 0 Å². The number of benzene rings is 10. The third-order valence-electron chi connectivity index (χ3n) is 16.7. The lowest BCUT2D eigenvalue weighted by Gasteiger charge is -2.27. The van der Waals surface area contributed by atoms with Crippen LogP contribution >= 0.6 is 0 Å². The van der Waals surface area contributed by atoms with E-state index in [1.54, 1.807) is 0 Å². The average molecular weight is 1030 g/mol. The third kappa shape index (κ3) is 7.50. The molecular formula is C74H59N5O. The minimum absolute atomic E-state index is 0.0524. The molecule has 3 aromatic heterocycles. The van der Waals surface area contributed by atoms with E-state index in [0.717, 1.165) is 56.5 Å². The molecule has 0 atom stereocenters. The summed E-state index contributed by atoms with van der Waals surface area (Å²) in [6.07, 6.45) is 1.96. The van der Waals surface area contributed by atoms with Crippen molar-refractivity contribution in [3.8, 4) is 67.5 Å². The SMILES string of the molecule is CC(C)(C)c1ccc(-c2cccc(-c3ccccc3)c2N2CN(c3cccc(Oc4ccc5c6c7c(ccc6n(-c6cc(C(C)(C)C)ccn6)c5c4)-n4c5ccccc5c5cccc(c54)-c4ccccc4-7)c3)c3ccccc32)cc1. The van der Waals surface area contributed by atoms with Crippen LogP contribution in [0.2, 0.25) is 0 Å². The Hall–Kier alpha value is -9.65. The van der Waals surface area contributed by atoms with E-state index in [2.05, 4.69) is 291 Å². The van der Waals surface area contributed by atoms with E-state index in [-0.39, 0.29) is 10.8 Å². The molecule has 6 heteroatoms. The summed E-state index contributed by atoms with van der Waals surface area (Å²) in [6, 6.07) is 84.2. The highest BCUT2D eigenvalue weighted by Gasteiger charge is 2.33. The summed E-state index contributed by atoms with van der Waals surface area (Å²) in [5.74, 6) is 2.36. The predicted octanol–water partition coefficient (Wildman–Crippen LogP) is 19.9. The number of para-hydroxylation sites is 5. The zero-order valence-corrected chi connectivity index (χ0v) is 45.9. The van der Waals surface area contributed by atoms with Crippen LogP contribution in [0.3, 0.4) is 0 Å². The van der Waals surface area contributed by atoms with Crippen LogP contribution in [0.1, 0.15) is 52.7 Å². The Morgan fingerprint density at radius 3 is 1.82 bits per heavy atom. The highest BCUT2D eigenvalue weighted by atomic mass is 16.5. The van der Waals surface area contributed by atoms with Gasteiger partial charge in [0.15, 0.2) is 0 Å². The highest BCUT2D eigenvalue weighted by Crippen LogP contribution is 2.53. The van der Waals surface area contributed by atoms with E-state index in [1.807, 2.05) is 6.20 Å². The van der Waals surface area contributed by atoms with Crippen molar-refractivity contribution in [2.24, 2.45) is 0 Å². The van der Waals surface area contributed by atoms with Crippen LogP contribution in [0, 0.1) is 0 Å². The Balaban J connectivity index is 0.866. The van der Waals surface area contributed by atoms with Gasteiger partial charge in [0, 0.05) is 67.8 Å². The molecule has 0 aliphatic carbocycles. The molecule has 0 radical (unpaired) electrons. The molecule has 0 spiro atoms. The number of ether oxygens (including phenoxy) is 1. The van der Waals surface area contributed by atoms with Crippen molar-refractivity contribution in [2.75, 3.05) is 16.5 Å². The maximum atomic E-state index is 7.07. The van der Waals surface area contributed by atoms with E-state index >= 15 is 0 Å². The normalized spacial score (nSPS) is 13.0. The highest BCUT2D eigenvalue weighted by molar-refractivity contribution is 6.23. The molecule has 0 saturated heterocycles. The maximum absolute atomic E-state index is 7.07. The van der Waals surface area contributed by atoms with Crippen LogP contribution in [0.25, 0.3) is 99.6 Å². The minimum Gasteiger partial charge on any atom is -0.457 e. The number of aromatic nitrogens is 3. The van der Waals surface area contributed by atoms with Crippen LogP contribution in [0.4, 0.5) is 22.7 Å². The minimum atomic E-state index is -0.0861. The molecule has 13 aromatic rings. The molecule has 2 aliphatic heterocycles. The van der Waals surface area contributed by atoms with Crippen molar-refractivity contribution in [2.45, 2.75) is 52.4 Å². The van der Waals surface area contributed by atoms with Gasteiger partial charge in [0.1, 0.15) is 24.0 Å². The molecule has 0 fully saturated rings. The molecular weight excluding hydrogens is 975 g/mol. The summed E-state index contributed by atoms with van der Waals surface area (Å²) >= 11 is 0. The monoisotopic (exact) mass is 1030 g/mol. The van der Waals surface area contributed by atoms with Crippen molar-refractivity contribution in [3.05, 3.63) is 248 Å². The first-order valence-electron chi connectivity index (χ1n) is 27.9. The zero-order chi connectivity index (χ0) is 54.0. The lowest BCUT2D eigenvalue weighted by Crippen LogP contribution is -2.25. The van der Waals surface area contributed by atoms with Gasteiger partial charge in [-0.15, -0.1) is 0 Å². The fourth-order valence-corrected chi connectivity index (χ4v) is 12.8. The Kier molecular flexibility index (Phi) is 10.7. The number of hydrogen-bond donors (Lipinski definition) is 0. The fourth-order valence-electron chi connectivity index (χ4n) is 12.8. The van der Waals surface area contributed by atoms with Gasteiger partial charge >= 0.3 is 0 Å². The average Bonchev–Trinajstić information content (AvgIpc) is 4.23. The smallest absolute Gasteiger partial charge is 0.137 e. The Morgan fingerprint density at radius 1 is 0.400 bits per heavy atom. The number of rotatable bonds is 7. The molecule has 0 amide bonds. The number of anilines is 4. The summed E-state index contributed by atoms with van der Waals surface area (Å²) in [6.45, 7) is 14.2. The second-order valence-electron chi connectivity index (χ2n) is 23.6. The van der Waals surface area contributed by atoms with Gasteiger partial charge in [-0.3, -0.25) is 4.57 Å². The van der Waals surface area contributed by atoms with Gasteiger partial charge in [-0.25, -0.2) is 4.98 Å². The molecule has 0 N–H and O–H groups in total. The van der Waals surface area contributed by atoms with Crippen molar-refractivity contribution < 1.29 is 4.74 Å². The first kappa shape index (κ1) is 47.6. The van der Waals surface area contributed by atoms with Gasteiger partial charge < -0.3 is 19.1 Å². The van der Waals surface area contributed by atoms with Crippen molar-refractivity contribution in [3.63, 3.8) is 0 Å². The van der Waals surface area contributed by atoms with E-state index in [0.29, 0.717) is 6.67 Å². The molecule has 2 aliphatic rings. The standard InChI is InChI=1S/C74H59N5O/c1-73(2,3)49-35-33-48(34-36-49)55-27-17-26-54(47-19-8-7-9-20-47)71(55)77-46-76(63-31-14-15-32-64(63)77)51-21-16-22-52(44-51)80-53-37-38-61-67(45-53)78(68-43-50(41-42-75-68)74(4,5)6)65-39-40-66-69(70(61)65)58-25-11-10-23-56(58)59-28-18-29-60-57-24-12-13-30-62(57)79(66)72(59)60/h7-45H,46H2,1-6H3. The predicted molar refractivity (Wildman–Crippen MR) is 334 cm³/mol. The van der Waals surface area contributed by atoms with Crippen LogP contribution in [0.5, 0.6) is 11.5 Å². The van der Waals surface area contributed by atoms with Gasteiger partial charge in [-0.1, -0.05) is 193 Å². The van der Waals surface area contributed by atoms with Crippen molar-refractivity contribution in [1.29, 1.82) is 0 Å². The molecule has 0 unspecified atom stereocenters. The summed E-state index contributed by atoms with van der Waals surface area (Å²) in [5.41, 5.74) is 22.3. The Bertz CT molecular complexity index is 4630. The summed E-state index contributed by atoms with van der Waals surface area (Å²) in [7, 11) is 0. The van der Waals surface area contributed by atoms with E-state index in [9.17, 15) is 0 Å². The number of hydrogen-bond acceptors (Lipinski definition) is 4. The van der Waals surface area contributed by atoms with Gasteiger partial charge in [-0.05, 0) is 111 Å². The lowest BCUT2D eigenvalue weighted by molar-refractivity contribution is 0.483. The van der Waals surface area contributed by atoms with Crippen molar-refractivity contribution in [1.82, 2.24) is 14.1 Å². The zero-order valence-electron chi connectivity index (χ0n) is 45.9. The molecule has 5 heterocycles. The van der Waals surface area contributed by atoms with Gasteiger partial charge in [-0.2, -0.15) is 0 Å². The molecule has 10 aromatic carbocycles. The molecule has 6 nitrogen and oxygen atoms in total. The Morgan fingerprint density at radius 2 is 1.04 bits per heavy atom. The van der Waals surface area contributed by atoms with Gasteiger partial charge in [0.2, 0.25) is 0 Å². The quantitative estimate of drug-likeness (QED) is 0.159. The maximum Gasteiger partial charge on any atom is 0.137 e. The topological polar surface area (TPSA) is 38.5 Å². The number of fused-ring (bicyclic) bond motifs is 13. The number of nitrogens with zero attached hydrogens (tertiary/aromatic N) is 5. The molecule has 15 rings (SSSR count). The third-order valence-corrected chi connectivity index (χ3v) is 16.7. The molecule has 0 bridgehead atoms. The van der Waals surface area contributed by atoms with Gasteiger partial charge in [0.25, 0.3) is 0 Å². The van der Waals surface area contributed by atoms with Crippen LogP contribution in [-0.4, -0.2) is 20.8 Å². The second kappa shape index (κ2) is 17.9. The first-order chi connectivity index (χ1) is 39.0. The summed E-state index contributed by atoms with van der Waals surface area (Å²) < 4.78 is 11.9. The number of pyridine rings is 1. The van der Waals surface area contributed by atoms with Crippen molar-refractivity contribution >= 4 is 66.4 Å². The van der Waals surface area contributed by atoms with E-state index in [4.69, 9.17) is 9.72 Å². The van der Waals surface area contributed by atoms with Crippen LogP contribution < -0.4 is 14.5 Å². The van der Waals surface area contributed by atoms with Crippen LogP contribution in [0.15, 0.2) is 237 Å². The summed E-state index contributed by atoms with van der Waals surface area (Å²) in [5, 5.41) is 4.81. The second-order valence-corrected chi connectivity index (χ2v) is 23.6. The molecule has 386 valence electrons. The van der Waals surface area contributed by atoms with Gasteiger partial charge in [0.05, 0.1) is 44.8 Å². The Labute approximate surface area is 467 Å².